The van der Waals surface area contributed by atoms with Gasteiger partial charge in [-0.3, -0.25) is 9.88 Å². The lowest BCUT2D eigenvalue weighted by atomic mass is 9.94. The van der Waals surface area contributed by atoms with Gasteiger partial charge in [0.15, 0.2) is 5.82 Å². The predicted molar refractivity (Wildman–Crippen MR) is 163 cm³/mol. The van der Waals surface area contributed by atoms with Crippen molar-refractivity contribution in [1.29, 1.82) is 0 Å². The Bertz CT molecular complexity index is 2070. The molecule has 4 aliphatic heterocycles. The van der Waals surface area contributed by atoms with E-state index in [-0.39, 0.29) is 81.4 Å². The number of terminal acetylenes is 1. The van der Waals surface area contributed by atoms with Gasteiger partial charge in [-0.1, -0.05) is 24.1 Å². The maximum atomic E-state index is 16.8. The zero-order valence-electron chi connectivity index (χ0n) is 26.5. The summed E-state index contributed by atoms with van der Waals surface area (Å²) >= 11 is 0. The molecule has 0 radical (unpaired) electrons. The number of benzene rings is 2. The average Bonchev–Trinajstić information content (AvgIpc) is 3.74. The third-order valence-electron chi connectivity index (χ3n) is 9.73. The van der Waals surface area contributed by atoms with Crippen molar-refractivity contribution >= 4 is 27.5 Å². The first kappa shape index (κ1) is 26.8. The van der Waals surface area contributed by atoms with Crippen molar-refractivity contribution in [3.8, 4) is 29.6 Å². The highest BCUT2D eigenvalue weighted by molar-refractivity contribution is 6.02. The Hall–Kier alpha value is -4.34. The summed E-state index contributed by atoms with van der Waals surface area (Å²) in [6.07, 6.45) is 7.67. The normalized spacial score (nSPS) is 25.1. The Morgan fingerprint density at radius 1 is 1.13 bits per heavy atom. The second-order valence-electron chi connectivity index (χ2n) is 12.4. The zero-order chi connectivity index (χ0) is 33.5. The minimum atomic E-state index is -2.53. The maximum absolute atomic E-state index is 16.8. The van der Waals surface area contributed by atoms with Crippen LogP contribution < -0.4 is 15.0 Å². The summed E-state index contributed by atoms with van der Waals surface area (Å²) < 4.78 is 98.0. The zero-order valence-corrected chi connectivity index (χ0v) is 24.5. The van der Waals surface area contributed by atoms with Crippen LogP contribution in [0.25, 0.3) is 32.9 Å². The largest absolute Gasteiger partial charge is 0.461 e. The molecular weight excluding hydrogens is 603 g/mol. The fourth-order valence-electron chi connectivity index (χ4n) is 7.63. The summed E-state index contributed by atoms with van der Waals surface area (Å²) in [6.45, 7) is -1.12. The van der Waals surface area contributed by atoms with E-state index in [9.17, 15) is 17.6 Å². The van der Waals surface area contributed by atoms with Crippen molar-refractivity contribution in [3.63, 3.8) is 0 Å². The standard InChI is InChI=1S/C34H29F5N6O/c1-2-21-25(35)11-26(36)22-5-3-6-23(27(21)22)29-28(37)30-24(13-40-29)32(44-15-19-7-8-20(16-44)41-19)43-33(42-30)46-17-34-9-4-10-45(34)14-18(12-34)31(38)39/h1,3,5-6,11,13,19-20,41H,4,7-10,12,14-17H2/t19-,20+,34?/i17D2. The number of nitrogens with zero attached hydrogens (tertiary/aromatic N) is 5. The predicted octanol–water partition coefficient (Wildman–Crippen LogP) is 5.95. The molecule has 2 aromatic heterocycles. The van der Waals surface area contributed by atoms with Crippen molar-refractivity contribution in [2.24, 2.45) is 0 Å². The Labute approximate surface area is 264 Å². The number of nitrogens with one attached hydrogen (secondary N) is 1. The monoisotopic (exact) mass is 634 g/mol. The molecule has 1 unspecified atom stereocenters. The summed E-state index contributed by atoms with van der Waals surface area (Å²) in [5, 5.41) is 3.71. The first-order chi connectivity index (χ1) is 23.0. The number of halogens is 5. The van der Waals surface area contributed by atoms with Crippen molar-refractivity contribution in [2.75, 3.05) is 37.6 Å². The fourth-order valence-corrected chi connectivity index (χ4v) is 7.63. The van der Waals surface area contributed by atoms with Crippen LogP contribution in [0.2, 0.25) is 0 Å². The number of fused-ring (bicyclic) bond motifs is 5. The number of hydrogen-bond acceptors (Lipinski definition) is 7. The molecule has 3 atom stereocenters. The molecule has 4 fully saturated rings. The van der Waals surface area contributed by atoms with Gasteiger partial charge in [-0.05, 0) is 38.6 Å². The minimum absolute atomic E-state index is 0.0184. The van der Waals surface area contributed by atoms with E-state index in [1.807, 2.05) is 4.90 Å². The second-order valence-corrected chi connectivity index (χ2v) is 12.4. The Balaban J connectivity index is 1.30. The van der Waals surface area contributed by atoms with E-state index in [0.29, 0.717) is 32.1 Å². The molecule has 2 bridgehead atoms. The highest BCUT2D eigenvalue weighted by Gasteiger charge is 2.48. The number of aromatic nitrogens is 3. The molecule has 2 aromatic carbocycles. The van der Waals surface area contributed by atoms with E-state index >= 15 is 4.39 Å². The van der Waals surface area contributed by atoms with Crippen LogP contribution in [0.3, 0.4) is 0 Å². The summed E-state index contributed by atoms with van der Waals surface area (Å²) in [6, 6.07) is 4.87. The lowest BCUT2D eigenvalue weighted by Crippen LogP contribution is -2.51. The van der Waals surface area contributed by atoms with Gasteiger partial charge in [0, 0.05) is 65.9 Å². The molecule has 236 valence electrons. The van der Waals surface area contributed by atoms with E-state index in [4.69, 9.17) is 13.9 Å². The van der Waals surface area contributed by atoms with Gasteiger partial charge >= 0.3 is 6.01 Å². The van der Waals surface area contributed by atoms with Gasteiger partial charge in [-0.2, -0.15) is 18.7 Å². The lowest BCUT2D eigenvalue weighted by Gasteiger charge is -2.34. The molecular formula is C34H29F5N6O. The van der Waals surface area contributed by atoms with Crippen LogP contribution in [0, 0.1) is 29.8 Å². The average molecular weight is 635 g/mol. The van der Waals surface area contributed by atoms with Gasteiger partial charge < -0.3 is 15.0 Å². The van der Waals surface area contributed by atoms with Crippen LogP contribution >= 0.6 is 0 Å². The third kappa shape index (κ3) is 4.59. The molecule has 0 saturated carbocycles. The SMILES string of the molecule is [2H]C([2H])(Oc1nc(N2C[C@H]3CC[C@@H](C2)N3)c2cnc(-c3cccc4c(F)cc(F)c(C#C)c34)c(F)c2n1)C12CCCN1CC(=C(F)F)C2. The molecule has 7 nitrogen and oxygen atoms in total. The molecule has 8 rings (SSSR count). The van der Waals surface area contributed by atoms with E-state index in [1.54, 1.807) is 4.90 Å². The summed E-state index contributed by atoms with van der Waals surface area (Å²) in [5.41, 5.74) is -2.28. The van der Waals surface area contributed by atoms with Crippen molar-refractivity contribution in [3.05, 3.63) is 65.1 Å². The molecule has 0 aliphatic carbocycles. The smallest absolute Gasteiger partial charge is 0.319 e. The van der Waals surface area contributed by atoms with Crippen LogP contribution in [0.15, 0.2) is 42.1 Å². The highest BCUT2D eigenvalue weighted by atomic mass is 19.3. The summed E-state index contributed by atoms with van der Waals surface area (Å²) in [5.74, 6) is -0.287. The molecule has 4 aliphatic rings. The first-order valence-corrected chi connectivity index (χ1v) is 15.2. The second kappa shape index (κ2) is 10.9. The lowest BCUT2D eigenvalue weighted by molar-refractivity contribution is 0.108. The van der Waals surface area contributed by atoms with Gasteiger partial charge in [-0.15, -0.1) is 6.42 Å². The van der Waals surface area contributed by atoms with Crippen LogP contribution in [-0.2, 0) is 0 Å². The molecule has 4 saturated heterocycles. The van der Waals surface area contributed by atoms with Crippen LogP contribution in [0.1, 0.15) is 40.4 Å². The van der Waals surface area contributed by atoms with E-state index in [1.165, 1.54) is 24.4 Å². The number of piperazine rings is 1. The van der Waals surface area contributed by atoms with Crippen molar-refractivity contribution in [2.45, 2.75) is 49.7 Å². The highest BCUT2D eigenvalue weighted by Crippen LogP contribution is 2.43. The molecule has 46 heavy (non-hydrogen) atoms. The van der Waals surface area contributed by atoms with E-state index in [2.05, 4.69) is 26.2 Å². The van der Waals surface area contributed by atoms with Crippen LogP contribution in [-0.4, -0.2) is 70.2 Å². The van der Waals surface area contributed by atoms with Gasteiger partial charge in [0.25, 0.3) is 6.08 Å². The van der Waals surface area contributed by atoms with E-state index < -0.39 is 41.6 Å². The van der Waals surface area contributed by atoms with Gasteiger partial charge in [0.1, 0.15) is 35.2 Å². The molecule has 4 aromatic rings. The fraction of sp³-hybridized carbons (Fsp3) is 0.382. The third-order valence-corrected chi connectivity index (χ3v) is 9.73. The van der Waals surface area contributed by atoms with Crippen LogP contribution in [0.4, 0.5) is 27.8 Å². The molecule has 12 heteroatoms. The Kier molecular flexibility index (Phi) is 6.35. The van der Waals surface area contributed by atoms with Gasteiger partial charge in [0.2, 0.25) is 0 Å². The topological polar surface area (TPSA) is 66.4 Å². The first-order valence-electron chi connectivity index (χ1n) is 16.2. The molecule has 0 spiro atoms. The minimum Gasteiger partial charge on any atom is -0.461 e. The van der Waals surface area contributed by atoms with Crippen molar-refractivity contribution in [1.82, 2.24) is 25.2 Å². The van der Waals surface area contributed by atoms with Gasteiger partial charge in [-0.25, -0.2) is 13.2 Å². The molecule has 6 heterocycles. The number of hydrogen-bond donors (Lipinski definition) is 1. The number of anilines is 1. The van der Waals surface area contributed by atoms with Crippen molar-refractivity contribution < 1.29 is 29.4 Å². The Morgan fingerprint density at radius 3 is 2.70 bits per heavy atom. The number of ether oxygens (including phenoxy) is 1. The quantitative estimate of drug-likeness (QED) is 0.215. The van der Waals surface area contributed by atoms with E-state index in [0.717, 1.165) is 12.8 Å². The Morgan fingerprint density at radius 2 is 1.93 bits per heavy atom. The number of pyridine rings is 1. The van der Waals surface area contributed by atoms with Gasteiger partial charge in [0.05, 0.1) is 19.2 Å². The summed E-state index contributed by atoms with van der Waals surface area (Å²) in [7, 11) is 0. The van der Waals surface area contributed by atoms with Crippen LogP contribution in [0.5, 0.6) is 6.01 Å². The molecule has 0 amide bonds. The molecule has 1 N–H and O–H groups in total. The summed E-state index contributed by atoms with van der Waals surface area (Å²) in [4.78, 5) is 17.0. The number of rotatable bonds is 5. The maximum Gasteiger partial charge on any atom is 0.319 e.